The van der Waals surface area contributed by atoms with Crippen molar-refractivity contribution in [1.29, 1.82) is 0 Å². The number of nitrogens with zero attached hydrogens (tertiary/aromatic N) is 4. The fourth-order valence-electron chi connectivity index (χ4n) is 2.63. The standard InChI is InChI=1S/C14H8F3N5O/c15-8-2-1-6(7-3-11(23)21-12(7)8)9-4-18-13-10(20-9)5-19-22(13)14(16)17/h1-2,4-5,14H,3H2,(H,21,23). The van der Waals surface area contributed by atoms with E-state index in [4.69, 9.17) is 0 Å². The second-order valence-electron chi connectivity index (χ2n) is 5.00. The van der Waals surface area contributed by atoms with Crippen LogP contribution >= 0.6 is 0 Å². The quantitative estimate of drug-likeness (QED) is 0.788. The van der Waals surface area contributed by atoms with Crippen molar-refractivity contribution in [3.05, 3.63) is 35.9 Å². The van der Waals surface area contributed by atoms with Gasteiger partial charge in [0.25, 0.3) is 0 Å². The monoisotopic (exact) mass is 319 g/mol. The summed E-state index contributed by atoms with van der Waals surface area (Å²) in [5.74, 6) is -0.847. The minimum Gasteiger partial charge on any atom is -0.323 e. The predicted octanol–water partition coefficient (Wildman–Crippen LogP) is 2.52. The molecule has 9 heteroatoms. The van der Waals surface area contributed by atoms with E-state index in [1.165, 1.54) is 24.5 Å². The molecule has 1 aliphatic rings. The molecule has 0 atom stereocenters. The molecule has 116 valence electrons. The molecule has 0 saturated heterocycles. The van der Waals surface area contributed by atoms with Gasteiger partial charge in [-0.1, -0.05) is 0 Å². The first-order chi connectivity index (χ1) is 11.0. The Kier molecular flexibility index (Phi) is 2.83. The minimum absolute atomic E-state index is 0.0262. The van der Waals surface area contributed by atoms with E-state index in [0.717, 1.165) is 0 Å². The van der Waals surface area contributed by atoms with E-state index >= 15 is 0 Å². The second-order valence-corrected chi connectivity index (χ2v) is 5.00. The largest absolute Gasteiger partial charge is 0.335 e. The molecule has 0 unspecified atom stereocenters. The van der Waals surface area contributed by atoms with E-state index in [1.807, 2.05) is 0 Å². The molecule has 0 saturated carbocycles. The van der Waals surface area contributed by atoms with Crippen LogP contribution in [0.3, 0.4) is 0 Å². The Balaban J connectivity index is 1.88. The average molecular weight is 319 g/mol. The third-order valence-electron chi connectivity index (χ3n) is 3.63. The van der Waals surface area contributed by atoms with Crippen LogP contribution in [0.25, 0.3) is 22.4 Å². The Morgan fingerprint density at radius 3 is 2.87 bits per heavy atom. The van der Waals surface area contributed by atoms with Crippen molar-refractivity contribution in [3.63, 3.8) is 0 Å². The maximum Gasteiger partial charge on any atom is 0.335 e. The Hall–Kier alpha value is -2.97. The van der Waals surface area contributed by atoms with E-state index < -0.39 is 12.4 Å². The van der Waals surface area contributed by atoms with Gasteiger partial charge in [0.2, 0.25) is 5.91 Å². The summed E-state index contributed by atoms with van der Waals surface area (Å²) in [5.41, 5.74) is 1.63. The van der Waals surface area contributed by atoms with Crippen molar-refractivity contribution in [2.24, 2.45) is 0 Å². The number of rotatable bonds is 2. The maximum atomic E-state index is 13.8. The number of halogens is 3. The lowest BCUT2D eigenvalue weighted by Crippen LogP contribution is -2.04. The zero-order valence-corrected chi connectivity index (χ0v) is 11.4. The number of fused-ring (bicyclic) bond motifs is 2. The summed E-state index contributed by atoms with van der Waals surface area (Å²) in [6.07, 6.45) is 2.52. The summed E-state index contributed by atoms with van der Waals surface area (Å²) in [4.78, 5) is 19.7. The fraction of sp³-hybridized carbons (Fsp3) is 0.143. The van der Waals surface area contributed by atoms with E-state index in [1.54, 1.807) is 0 Å². The van der Waals surface area contributed by atoms with Gasteiger partial charge < -0.3 is 5.32 Å². The second kappa shape index (κ2) is 4.77. The number of alkyl halides is 2. The molecule has 1 aromatic carbocycles. The molecule has 0 radical (unpaired) electrons. The van der Waals surface area contributed by atoms with E-state index in [-0.39, 0.29) is 29.2 Å². The third-order valence-corrected chi connectivity index (χ3v) is 3.63. The van der Waals surface area contributed by atoms with Gasteiger partial charge in [-0.3, -0.25) is 4.79 Å². The maximum absolute atomic E-state index is 13.8. The van der Waals surface area contributed by atoms with Gasteiger partial charge >= 0.3 is 6.55 Å². The van der Waals surface area contributed by atoms with Crippen molar-refractivity contribution in [3.8, 4) is 11.3 Å². The van der Waals surface area contributed by atoms with Gasteiger partial charge in [0.05, 0.1) is 30.2 Å². The van der Waals surface area contributed by atoms with Crippen molar-refractivity contribution in [2.45, 2.75) is 13.0 Å². The molecule has 6 nitrogen and oxygen atoms in total. The molecule has 0 fully saturated rings. The minimum atomic E-state index is -2.82. The summed E-state index contributed by atoms with van der Waals surface area (Å²) in [5, 5.41) is 6.00. The van der Waals surface area contributed by atoms with Crippen molar-refractivity contribution in [2.75, 3.05) is 5.32 Å². The van der Waals surface area contributed by atoms with Crippen molar-refractivity contribution in [1.82, 2.24) is 19.7 Å². The highest BCUT2D eigenvalue weighted by Gasteiger charge is 2.25. The van der Waals surface area contributed by atoms with Crippen LogP contribution in [-0.4, -0.2) is 25.7 Å². The zero-order chi connectivity index (χ0) is 16.1. The molecular weight excluding hydrogens is 311 g/mol. The highest BCUT2D eigenvalue weighted by Crippen LogP contribution is 2.34. The first-order valence-corrected chi connectivity index (χ1v) is 6.64. The molecule has 2 aromatic heterocycles. The van der Waals surface area contributed by atoms with Crippen LogP contribution in [0.5, 0.6) is 0 Å². The lowest BCUT2D eigenvalue weighted by Gasteiger charge is -2.08. The summed E-state index contributed by atoms with van der Waals surface area (Å²) < 4.78 is 39.8. The highest BCUT2D eigenvalue weighted by atomic mass is 19.3. The van der Waals surface area contributed by atoms with E-state index in [0.29, 0.717) is 21.5 Å². The van der Waals surface area contributed by atoms with Crippen LogP contribution in [0.1, 0.15) is 12.1 Å². The molecule has 0 spiro atoms. The number of carbonyl (C=O) groups excluding carboxylic acids is 1. The smallest absolute Gasteiger partial charge is 0.323 e. The first kappa shape index (κ1) is 13.7. The normalized spacial score (nSPS) is 13.7. The topological polar surface area (TPSA) is 72.7 Å². The summed E-state index contributed by atoms with van der Waals surface area (Å²) >= 11 is 0. The summed E-state index contributed by atoms with van der Waals surface area (Å²) in [6.45, 7) is -2.82. The lowest BCUT2D eigenvalue weighted by molar-refractivity contribution is -0.115. The molecule has 0 aliphatic carbocycles. The number of nitrogens with one attached hydrogen (secondary N) is 1. The molecular formula is C14H8F3N5O. The van der Waals surface area contributed by atoms with Crippen LogP contribution in [0, 0.1) is 5.82 Å². The van der Waals surface area contributed by atoms with Gasteiger partial charge in [-0.15, -0.1) is 0 Å². The third kappa shape index (κ3) is 2.04. The fourth-order valence-corrected chi connectivity index (χ4v) is 2.63. The summed E-state index contributed by atoms with van der Waals surface area (Å²) in [7, 11) is 0. The van der Waals surface area contributed by atoms with E-state index in [2.05, 4.69) is 20.4 Å². The van der Waals surface area contributed by atoms with Crippen molar-refractivity contribution < 1.29 is 18.0 Å². The SMILES string of the molecule is O=C1Cc2c(-c3cnc4c(cnn4C(F)F)n3)ccc(F)c2N1. The van der Waals surface area contributed by atoms with Crippen LogP contribution < -0.4 is 5.32 Å². The molecule has 1 N–H and O–H groups in total. The number of hydrogen-bond donors (Lipinski definition) is 1. The number of amides is 1. The van der Waals surface area contributed by atoms with Gasteiger partial charge in [0, 0.05) is 5.56 Å². The number of benzene rings is 1. The Morgan fingerprint density at radius 1 is 1.26 bits per heavy atom. The van der Waals surface area contributed by atoms with Crippen LogP contribution in [0.4, 0.5) is 18.9 Å². The average Bonchev–Trinajstić information content (AvgIpc) is 3.10. The van der Waals surface area contributed by atoms with Gasteiger partial charge in [-0.2, -0.15) is 18.6 Å². The Morgan fingerprint density at radius 2 is 2.09 bits per heavy atom. The number of carbonyl (C=O) groups is 1. The molecule has 23 heavy (non-hydrogen) atoms. The lowest BCUT2D eigenvalue weighted by atomic mass is 10.0. The van der Waals surface area contributed by atoms with Crippen LogP contribution in [0.15, 0.2) is 24.5 Å². The highest BCUT2D eigenvalue weighted by molar-refractivity contribution is 6.01. The molecule has 0 bridgehead atoms. The zero-order valence-electron chi connectivity index (χ0n) is 11.4. The van der Waals surface area contributed by atoms with Gasteiger partial charge in [0.15, 0.2) is 5.65 Å². The van der Waals surface area contributed by atoms with Gasteiger partial charge in [-0.25, -0.2) is 14.4 Å². The predicted molar refractivity (Wildman–Crippen MR) is 74.3 cm³/mol. The number of aromatic nitrogens is 4. The number of hydrogen-bond acceptors (Lipinski definition) is 4. The summed E-state index contributed by atoms with van der Waals surface area (Å²) in [6, 6.07) is 2.70. The molecule has 4 rings (SSSR count). The molecule has 3 heterocycles. The van der Waals surface area contributed by atoms with Crippen LogP contribution in [0.2, 0.25) is 0 Å². The van der Waals surface area contributed by atoms with Gasteiger partial charge in [0.1, 0.15) is 11.3 Å². The van der Waals surface area contributed by atoms with Crippen molar-refractivity contribution >= 4 is 22.8 Å². The van der Waals surface area contributed by atoms with Gasteiger partial charge in [-0.05, 0) is 17.7 Å². The molecule has 1 aliphatic heterocycles. The van der Waals surface area contributed by atoms with E-state index in [9.17, 15) is 18.0 Å². The first-order valence-electron chi connectivity index (χ1n) is 6.64. The molecule has 1 amide bonds. The van der Waals surface area contributed by atoms with Crippen LogP contribution in [-0.2, 0) is 11.2 Å². The Labute approximate surface area is 127 Å². The Bertz CT molecular complexity index is 953. The molecule has 3 aromatic rings. The number of anilines is 1.